The lowest BCUT2D eigenvalue weighted by Crippen LogP contribution is -2.35. The van der Waals surface area contributed by atoms with Gasteiger partial charge in [-0.15, -0.1) is 0 Å². The van der Waals surface area contributed by atoms with Crippen LogP contribution in [0, 0.1) is 0 Å². The van der Waals surface area contributed by atoms with Crippen LogP contribution < -0.4 is 20.3 Å². The number of nitrogens with one attached hydrogen (secondary N) is 3. The van der Waals surface area contributed by atoms with Gasteiger partial charge in [0.05, 0.1) is 25.5 Å². The number of aromatic amines is 1. The summed E-state index contributed by atoms with van der Waals surface area (Å²) in [5, 5.41) is 0.629. The Bertz CT molecular complexity index is 916. The summed E-state index contributed by atoms with van der Waals surface area (Å²) >= 11 is 0. The van der Waals surface area contributed by atoms with Gasteiger partial charge in [-0.05, 0) is 42.5 Å². The van der Waals surface area contributed by atoms with Gasteiger partial charge in [0.2, 0.25) is 0 Å². The Hall–Kier alpha value is -3.48. The van der Waals surface area contributed by atoms with Crippen molar-refractivity contribution < 1.29 is 19.1 Å². The number of hydrogen-bond donors (Lipinski definition) is 3. The second kappa shape index (κ2) is 6.96. The van der Waals surface area contributed by atoms with Crippen LogP contribution in [-0.4, -0.2) is 30.9 Å². The number of anilines is 1. The first kappa shape index (κ1) is 16.4. The van der Waals surface area contributed by atoms with Crippen molar-refractivity contribution in [3.63, 3.8) is 0 Å². The molecule has 0 aliphatic heterocycles. The number of aromatic nitrogens is 1. The molecule has 0 radical (unpaired) electrons. The van der Waals surface area contributed by atoms with Gasteiger partial charge in [0.15, 0.2) is 0 Å². The summed E-state index contributed by atoms with van der Waals surface area (Å²) in [5.41, 5.74) is 6.75. The summed E-state index contributed by atoms with van der Waals surface area (Å²) in [5.74, 6) is -0.112. The first-order chi connectivity index (χ1) is 12.1. The summed E-state index contributed by atoms with van der Waals surface area (Å²) in [4.78, 5) is 27.5. The molecule has 1 heterocycles. The lowest BCUT2D eigenvalue weighted by Gasteiger charge is -2.08. The molecule has 7 nitrogen and oxygen atoms in total. The highest BCUT2D eigenvalue weighted by atomic mass is 16.5. The van der Waals surface area contributed by atoms with Gasteiger partial charge in [0.1, 0.15) is 11.5 Å². The quantitative estimate of drug-likeness (QED) is 0.365. The predicted octanol–water partition coefficient (Wildman–Crippen LogP) is 2.51. The number of ketones is 1. The lowest BCUT2D eigenvalue weighted by atomic mass is 10.1. The highest BCUT2D eigenvalue weighted by molar-refractivity contribution is 6.45. The number of hydrogen-bond acceptors (Lipinski definition) is 5. The van der Waals surface area contributed by atoms with Crippen molar-refractivity contribution in [2.75, 3.05) is 19.6 Å². The second-order valence-corrected chi connectivity index (χ2v) is 5.25. The molecule has 2 aromatic carbocycles. The van der Waals surface area contributed by atoms with E-state index in [1.54, 1.807) is 56.7 Å². The van der Waals surface area contributed by atoms with Crippen molar-refractivity contribution in [2.45, 2.75) is 0 Å². The highest BCUT2D eigenvalue weighted by Gasteiger charge is 2.20. The largest absolute Gasteiger partial charge is 0.497 e. The van der Waals surface area contributed by atoms with E-state index in [1.165, 1.54) is 6.20 Å². The zero-order chi connectivity index (χ0) is 17.8. The monoisotopic (exact) mass is 339 g/mol. The topological polar surface area (TPSA) is 92.5 Å². The van der Waals surface area contributed by atoms with Crippen molar-refractivity contribution >= 4 is 28.3 Å². The standard InChI is InChI=1S/C18H17N3O4/c1-24-12-5-3-11(4-6-12)20-21-18(23)17(22)15-10-19-16-8-7-13(25-2)9-14(15)16/h3-10,19-20H,1-2H3,(H,21,23). The average Bonchev–Trinajstić information content (AvgIpc) is 3.08. The molecule has 7 heteroatoms. The van der Waals surface area contributed by atoms with Crippen LogP contribution >= 0.6 is 0 Å². The maximum absolute atomic E-state index is 12.4. The molecule has 3 aromatic rings. The molecule has 0 saturated heterocycles. The van der Waals surface area contributed by atoms with Gasteiger partial charge in [0, 0.05) is 17.1 Å². The fourth-order valence-corrected chi connectivity index (χ4v) is 2.40. The first-order valence-electron chi connectivity index (χ1n) is 7.52. The SMILES string of the molecule is COc1ccc(NNC(=O)C(=O)c2c[nH]c3ccc(OC)cc23)cc1. The van der Waals surface area contributed by atoms with Crippen molar-refractivity contribution in [3.8, 4) is 11.5 Å². The molecule has 0 unspecified atom stereocenters. The number of ether oxygens (including phenoxy) is 2. The van der Waals surface area contributed by atoms with E-state index in [0.717, 1.165) is 5.52 Å². The zero-order valence-electron chi connectivity index (χ0n) is 13.8. The number of Topliss-reactive ketones (excluding diaryl/α,β-unsaturated/α-hetero) is 1. The van der Waals surface area contributed by atoms with Gasteiger partial charge in [-0.2, -0.15) is 0 Å². The maximum atomic E-state index is 12.4. The smallest absolute Gasteiger partial charge is 0.310 e. The normalized spacial score (nSPS) is 10.3. The van der Waals surface area contributed by atoms with Crippen LogP contribution in [0.5, 0.6) is 11.5 Å². The second-order valence-electron chi connectivity index (χ2n) is 5.25. The van der Waals surface area contributed by atoms with Crippen LogP contribution in [0.25, 0.3) is 10.9 Å². The lowest BCUT2D eigenvalue weighted by molar-refractivity contribution is -0.116. The Balaban J connectivity index is 1.72. The predicted molar refractivity (Wildman–Crippen MR) is 93.9 cm³/mol. The number of fused-ring (bicyclic) bond motifs is 1. The molecular formula is C18H17N3O4. The van der Waals surface area contributed by atoms with Crippen molar-refractivity contribution in [1.82, 2.24) is 10.4 Å². The molecule has 0 aliphatic carbocycles. The van der Waals surface area contributed by atoms with Crippen LogP contribution in [0.2, 0.25) is 0 Å². The van der Waals surface area contributed by atoms with E-state index in [9.17, 15) is 9.59 Å². The Morgan fingerprint density at radius 1 is 0.960 bits per heavy atom. The molecule has 0 bridgehead atoms. The highest BCUT2D eigenvalue weighted by Crippen LogP contribution is 2.24. The minimum absolute atomic E-state index is 0.280. The van der Waals surface area contributed by atoms with Gasteiger partial charge >= 0.3 is 5.91 Å². The van der Waals surface area contributed by atoms with Gasteiger partial charge in [-0.3, -0.25) is 20.4 Å². The van der Waals surface area contributed by atoms with E-state index in [2.05, 4.69) is 15.8 Å². The van der Waals surface area contributed by atoms with Crippen LogP contribution in [0.1, 0.15) is 10.4 Å². The molecule has 1 amide bonds. The van der Waals surface area contributed by atoms with Crippen LogP contribution in [0.3, 0.4) is 0 Å². The fourth-order valence-electron chi connectivity index (χ4n) is 2.40. The summed E-state index contributed by atoms with van der Waals surface area (Å²) in [6, 6.07) is 12.2. The fraction of sp³-hybridized carbons (Fsp3) is 0.111. The van der Waals surface area contributed by atoms with E-state index >= 15 is 0 Å². The summed E-state index contributed by atoms with van der Waals surface area (Å²) in [7, 11) is 3.11. The van der Waals surface area contributed by atoms with Gasteiger partial charge in [-0.1, -0.05) is 0 Å². The van der Waals surface area contributed by atoms with Gasteiger partial charge in [-0.25, -0.2) is 0 Å². The maximum Gasteiger partial charge on any atom is 0.310 e. The van der Waals surface area contributed by atoms with Crippen molar-refractivity contribution in [1.29, 1.82) is 0 Å². The molecule has 0 fully saturated rings. The van der Waals surface area contributed by atoms with Crippen molar-refractivity contribution in [3.05, 3.63) is 54.2 Å². The van der Waals surface area contributed by atoms with Gasteiger partial charge in [0.25, 0.3) is 5.78 Å². The van der Waals surface area contributed by atoms with E-state index in [0.29, 0.717) is 22.6 Å². The molecular weight excluding hydrogens is 322 g/mol. The van der Waals surface area contributed by atoms with Gasteiger partial charge < -0.3 is 14.5 Å². The summed E-state index contributed by atoms with van der Waals surface area (Å²) < 4.78 is 10.2. The van der Waals surface area contributed by atoms with E-state index < -0.39 is 11.7 Å². The molecule has 3 rings (SSSR count). The number of benzene rings is 2. The van der Waals surface area contributed by atoms with E-state index in [4.69, 9.17) is 9.47 Å². The number of rotatable bonds is 6. The number of carbonyl (C=O) groups is 2. The van der Waals surface area contributed by atoms with Crippen LogP contribution in [-0.2, 0) is 4.79 Å². The third-order valence-electron chi connectivity index (χ3n) is 3.75. The molecule has 128 valence electrons. The first-order valence-corrected chi connectivity index (χ1v) is 7.52. The number of H-pyrrole nitrogens is 1. The van der Waals surface area contributed by atoms with E-state index in [-0.39, 0.29) is 5.56 Å². The van der Waals surface area contributed by atoms with E-state index in [1.807, 2.05) is 0 Å². The van der Waals surface area contributed by atoms with Crippen LogP contribution in [0.4, 0.5) is 5.69 Å². The molecule has 0 spiro atoms. The summed E-state index contributed by atoms with van der Waals surface area (Å²) in [6.07, 6.45) is 1.51. The third kappa shape index (κ3) is 3.40. The number of methoxy groups -OCH3 is 2. The Labute approximate surface area is 143 Å². The Kier molecular flexibility index (Phi) is 4.56. The van der Waals surface area contributed by atoms with Crippen molar-refractivity contribution in [2.24, 2.45) is 0 Å². The minimum atomic E-state index is -0.764. The zero-order valence-corrected chi connectivity index (χ0v) is 13.8. The average molecular weight is 339 g/mol. The minimum Gasteiger partial charge on any atom is -0.497 e. The molecule has 1 aromatic heterocycles. The molecule has 25 heavy (non-hydrogen) atoms. The molecule has 0 aliphatic rings. The van der Waals surface area contributed by atoms with Crippen LogP contribution in [0.15, 0.2) is 48.7 Å². The molecule has 0 saturated carbocycles. The number of carbonyl (C=O) groups excluding carboxylic acids is 2. The third-order valence-corrected chi connectivity index (χ3v) is 3.75. The Morgan fingerprint density at radius 2 is 1.64 bits per heavy atom. The number of amides is 1. The molecule has 3 N–H and O–H groups in total. The Morgan fingerprint density at radius 3 is 2.32 bits per heavy atom. The summed E-state index contributed by atoms with van der Waals surface area (Å²) in [6.45, 7) is 0. The molecule has 0 atom stereocenters. The number of hydrazine groups is 1.